The van der Waals surface area contributed by atoms with Crippen LogP contribution in [0.1, 0.15) is 50.9 Å². The minimum Gasteiger partial charge on any atom is -0.465 e. The molecule has 2 aliphatic rings. The number of primary amides is 1. The fourth-order valence-electron chi connectivity index (χ4n) is 3.69. The molecular formula is C23H32BFN4O6. The third-order valence-electron chi connectivity index (χ3n) is 6.42. The number of hydrogen-bond acceptors (Lipinski definition) is 8. The quantitative estimate of drug-likeness (QED) is 0.169. The zero-order valence-corrected chi connectivity index (χ0v) is 20.6. The number of rotatable bonds is 7. The maximum absolute atomic E-state index is 15.1. The van der Waals surface area contributed by atoms with Crippen LogP contribution in [0.25, 0.3) is 0 Å². The zero-order valence-electron chi connectivity index (χ0n) is 20.6. The molecule has 1 aromatic carbocycles. The maximum atomic E-state index is 15.1. The van der Waals surface area contributed by atoms with Crippen LogP contribution in [-0.4, -0.2) is 62.4 Å². The summed E-state index contributed by atoms with van der Waals surface area (Å²) in [5.74, 6) is -2.84. The molecule has 35 heavy (non-hydrogen) atoms. The van der Waals surface area contributed by atoms with Gasteiger partial charge in [0.15, 0.2) is 0 Å². The van der Waals surface area contributed by atoms with Crippen LogP contribution in [0.2, 0.25) is 0 Å². The van der Waals surface area contributed by atoms with E-state index in [1.54, 1.807) is 0 Å². The van der Waals surface area contributed by atoms with Gasteiger partial charge in [-0.1, -0.05) is 0 Å². The van der Waals surface area contributed by atoms with Gasteiger partial charge in [-0.2, -0.15) is 0 Å². The molecule has 0 aromatic heterocycles. The predicted octanol–water partition coefficient (Wildman–Crippen LogP) is 1.04. The first-order valence-corrected chi connectivity index (χ1v) is 11.3. The fraction of sp³-hybridized carbons (Fsp3) is 0.522. The summed E-state index contributed by atoms with van der Waals surface area (Å²) in [4.78, 5) is 28.6. The molecule has 2 saturated heterocycles. The second-order valence-corrected chi connectivity index (χ2v) is 9.47. The van der Waals surface area contributed by atoms with Gasteiger partial charge in [-0.15, -0.1) is 0 Å². The van der Waals surface area contributed by atoms with Crippen LogP contribution in [0.4, 0.5) is 10.1 Å². The Morgan fingerprint density at radius 2 is 1.89 bits per heavy atom. The van der Waals surface area contributed by atoms with Gasteiger partial charge < -0.3 is 35.6 Å². The highest BCUT2D eigenvalue weighted by molar-refractivity contribution is 6.63. The lowest BCUT2D eigenvalue weighted by Gasteiger charge is -2.32. The molecule has 0 aliphatic carbocycles. The van der Waals surface area contributed by atoms with Crippen LogP contribution in [0.15, 0.2) is 28.9 Å². The standard InChI is InChI=1S/C23H32BFN4O6/c1-22(2)23(3,4)35-24(34-22)16-9-14(10-17(25)18(16)21(31)32-5)29-19(26)15(20(27)30)11-28-13-7-6-8-33-12-13/h9-11,13,28H,6-8,12H2,1-5H3,(H2,26,29)(H2,27,30)/b15-11+. The van der Waals surface area contributed by atoms with Gasteiger partial charge in [-0.3, -0.25) is 4.79 Å². The molecule has 2 fully saturated rings. The largest absolute Gasteiger partial charge is 0.495 e. The summed E-state index contributed by atoms with van der Waals surface area (Å²) >= 11 is 0. The van der Waals surface area contributed by atoms with Crippen LogP contribution < -0.4 is 22.2 Å². The molecule has 1 unspecified atom stereocenters. The summed E-state index contributed by atoms with van der Waals surface area (Å²) in [6, 6.07) is 2.41. The molecule has 5 N–H and O–H groups in total. The van der Waals surface area contributed by atoms with Gasteiger partial charge in [0.2, 0.25) is 0 Å². The number of nitrogens with two attached hydrogens (primary N) is 2. The number of amides is 1. The van der Waals surface area contributed by atoms with E-state index in [1.165, 1.54) is 12.3 Å². The Balaban J connectivity index is 1.99. The van der Waals surface area contributed by atoms with Crippen molar-refractivity contribution >= 4 is 36.0 Å². The number of esters is 1. The number of hydrogen-bond donors (Lipinski definition) is 3. The molecule has 12 heteroatoms. The number of halogens is 1. The minimum atomic E-state index is -1.07. The molecular weight excluding hydrogens is 458 g/mol. The molecule has 1 atom stereocenters. The number of nitrogens with zero attached hydrogens (tertiary/aromatic N) is 1. The van der Waals surface area contributed by atoms with E-state index in [9.17, 15) is 9.59 Å². The second kappa shape index (κ2) is 10.3. The van der Waals surface area contributed by atoms with E-state index in [0.29, 0.717) is 13.2 Å². The molecule has 0 radical (unpaired) electrons. The Hall–Kier alpha value is -2.96. The average molecular weight is 490 g/mol. The Bertz CT molecular complexity index is 1040. The molecule has 2 aliphatic heterocycles. The van der Waals surface area contributed by atoms with Gasteiger partial charge in [-0.05, 0) is 46.6 Å². The molecule has 10 nitrogen and oxygen atoms in total. The van der Waals surface area contributed by atoms with E-state index >= 15 is 4.39 Å². The third kappa shape index (κ3) is 5.83. The smallest absolute Gasteiger partial charge is 0.465 e. The monoisotopic (exact) mass is 490 g/mol. The highest BCUT2D eigenvalue weighted by Gasteiger charge is 2.53. The van der Waals surface area contributed by atoms with Crippen molar-refractivity contribution in [3.63, 3.8) is 0 Å². The average Bonchev–Trinajstić information content (AvgIpc) is 3.00. The van der Waals surface area contributed by atoms with E-state index < -0.39 is 36.0 Å². The van der Waals surface area contributed by atoms with Gasteiger partial charge >= 0.3 is 13.1 Å². The first kappa shape index (κ1) is 26.6. The summed E-state index contributed by atoms with van der Waals surface area (Å²) in [5, 5.41) is 3.06. The number of carbonyl (C=O) groups is 2. The topological polar surface area (TPSA) is 147 Å². The number of benzene rings is 1. The Kier molecular flexibility index (Phi) is 7.88. The van der Waals surface area contributed by atoms with Gasteiger partial charge in [0.1, 0.15) is 11.7 Å². The van der Waals surface area contributed by atoms with Crippen LogP contribution in [0.5, 0.6) is 0 Å². The summed E-state index contributed by atoms with van der Waals surface area (Å²) < 4.78 is 37.3. The predicted molar refractivity (Wildman–Crippen MR) is 129 cm³/mol. The number of nitrogens with one attached hydrogen (secondary N) is 1. The van der Waals surface area contributed by atoms with Gasteiger partial charge in [0.05, 0.1) is 41.7 Å². The van der Waals surface area contributed by atoms with Gasteiger partial charge in [0.25, 0.3) is 5.91 Å². The number of ether oxygens (including phenoxy) is 2. The van der Waals surface area contributed by atoms with Crippen molar-refractivity contribution in [1.29, 1.82) is 0 Å². The van der Waals surface area contributed by atoms with E-state index in [0.717, 1.165) is 26.0 Å². The third-order valence-corrected chi connectivity index (χ3v) is 6.42. The van der Waals surface area contributed by atoms with Crippen molar-refractivity contribution in [2.45, 2.75) is 57.8 Å². The van der Waals surface area contributed by atoms with E-state index in [4.69, 9.17) is 30.2 Å². The highest BCUT2D eigenvalue weighted by Crippen LogP contribution is 2.37. The van der Waals surface area contributed by atoms with E-state index in [-0.39, 0.29) is 34.2 Å². The first-order valence-electron chi connectivity index (χ1n) is 11.3. The molecule has 1 amide bonds. The van der Waals surface area contributed by atoms with E-state index in [2.05, 4.69) is 10.3 Å². The lowest BCUT2D eigenvalue weighted by Crippen LogP contribution is -2.41. The first-order chi connectivity index (χ1) is 16.4. The Morgan fingerprint density at radius 3 is 2.43 bits per heavy atom. The molecule has 3 rings (SSSR count). The molecule has 0 spiro atoms. The second-order valence-electron chi connectivity index (χ2n) is 9.47. The Morgan fingerprint density at radius 1 is 1.23 bits per heavy atom. The van der Waals surface area contributed by atoms with Crippen LogP contribution >= 0.6 is 0 Å². The lowest BCUT2D eigenvalue weighted by atomic mass is 9.75. The highest BCUT2D eigenvalue weighted by atomic mass is 19.1. The minimum absolute atomic E-state index is 0.00217. The lowest BCUT2D eigenvalue weighted by molar-refractivity contribution is -0.114. The fourth-order valence-corrected chi connectivity index (χ4v) is 3.69. The zero-order chi connectivity index (χ0) is 26.0. The number of methoxy groups -OCH3 is 1. The van der Waals surface area contributed by atoms with Crippen LogP contribution in [-0.2, 0) is 23.6 Å². The van der Waals surface area contributed by atoms with Gasteiger partial charge in [-0.25, -0.2) is 14.2 Å². The normalized spacial score (nSPS) is 22.1. The summed E-state index contributed by atoms with van der Waals surface area (Å²) in [6.45, 7) is 8.49. The van der Waals surface area contributed by atoms with Crippen molar-refractivity contribution in [2.24, 2.45) is 16.5 Å². The molecule has 2 heterocycles. The van der Waals surface area contributed by atoms with Crippen molar-refractivity contribution < 1.29 is 32.8 Å². The van der Waals surface area contributed by atoms with Crippen molar-refractivity contribution in [2.75, 3.05) is 20.3 Å². The molecule has 0 saturated carbocycles. The summed E-state index contributed by atoms with van der Waals surface area (Å²) in [7, 11) is 0.0767. The van der Waals surface area contributed by atoms with Crippen molar-refractivity contribution in [3.8, 4) is 0 Å². The van der Waals surface area contributed by atoms with Crippen LogP contribution in [0.3, 0.4) is 0 Å². The number of amidine groups is 1. The molecule has 1 aromatic rings. The number of carbonyl (C=O) groups excluding carboxylic acids is 2. The van der Waals surface area contributed by atoms with Crippen LogP contribution in [0, 0.1) is 5.82 Å². The maximum Gasteiger partial charge on any atom is 0.495 e. The summed E-state index contributed by atoms with van der Waals surface area (Å²) in [6.07, 6.45) is 3.13. The summed E-state index contributed by atoms with van der Waals surface area (Å²) in [5.41, 5.74) is 9.78. The van der Waals surface area contributed by atoms with Crippen molar-refractivity contribution in [3.05, 3.63) is 35.3 Å². The number of aliphatic imine (C=N–C) groups is 1. The van der Waals surface area contributed by atoms with E-state index in [1.807, 2.05) is 27.7 Å². The SMILES string of the molecule is COC(=O)c1c(F)cc(N=C(N)/C(=C\NC2CCCOC2)C(N)=O)cc1B1OC(C)(C)C(C)(C)O1. The van der Waals surface area contributed by atoms with Gasteiger partial charge in [0, 0.05) is 30.4 Å². The van der Waals surface area contributed by atoms with Crippen molar-refractivity contribution in [1.82, 2.24) is 5.32 Å². The molecule has 0 bridgehead atoms. The Labute approximate surface area is 204 Å². The molecule has 190 valence electrons.